The van der Waals surface area contributed by atoms with Gasteiger partial charge in [-0.3, -0.25) is 9.10 Å². The zero-order chi connectivity index (χ0) is 17.4. The first-order valence-electron chi connectivity index (χ1n) is 8.13. The second-order valence-corrected chi connectivity index (χ2v) is 9.02. The highest BCUT2D eigenvalue weighted by molar-refractivity contribution is 7.94. The minimum atomic E-state index is -3.64. The Bertz CT molecular complexity index is 901. The van der Waals surface area contributed by atoms with E-state index in [1.807, 2.05) is 24.3 Å². The van der Waals surface area contributed by atoms with E-state index in [0.29, 0.717) is 44.8 Å². The first-order chi connectivity index (χ1) is 12.1. The number of anilines is 1. The zero-order valence-corrected chi connectivity index (χ0v) is 15.2. The third-order valence-corrected chi connectivity index (χ3v) is 7.74. The van der Waals surface area contributed by atoms with Gasteiger partial charge in [-0.05, 0) is 24.1 Å². The predicted molar refractivity (Wildman–Crippen MR) is 95.7 cm³/mol. The number of benzene rings is 1. The molecular weight excluding hydrogens is 360 g/mol. The second kappa shape index (κ2) is 6.44. The quantitative estimate of drug-likeness (QED) is 0.819. The number of carbonyl (C=O) groups is 1. The first kappa shape index (κ1) is 16.6. The molecule has 0 N–H and O–H groups in total. The van der Waals surface area contributed by atoms with Crippen molar-refractivity contribution in [3.63, 3.8) is 0 Å². The van der Waals surface area contributed by atoms with Crippen LogP contribution in [0.15, 0.2) is 39.9 Å². The fourth-order valence-corrected chi connectivity index (χ4v) is 5.95. The van der Waals surface area contributed by atoms with Crippen LogP contribution in [0.2, 0.25) is 0 Å². The van der Waals surface area contributed by atoms with Gasteiger partial charge in [0.1, 0.15) is 4.21 Å². The molecule has 1 saturated heterocycles. The maximum Gasteiger partial charge on any atom is 0.273 e. The molecule has 2 aromatic rings. The van der Waals surface area contributed by atoms with E-state index < -0.39 is 10.0 Å². The lowest BCUT2D eigenvalue weighted by molar-refractivity contribution is 0.0303. The average Bonchev–Trinajstić information content (AvgIpc) is 3.29. The van der Waals surface area contributed by atoms with Crippen molar-refractivity contribution in [3.8, 4) is 0 Å². The van der Waals surface area contributed by atoms with Crippen LogP contribution in [-0.2, 0) is 21.2 Å². The maximum absolute atomic E-state index is 13.0. The van der Waals surface area contributed by atoms with E-state index in [2.05, 4.69) is 0 Å². The first-order valence-corrected chi connectivity index (χ1v) is 10.5. The molecule has 0 bridgehead atoms. The number of morpholine rings is 1. The minimum absolute atomic E-state index is 0.136. The summed E-state index contributed by atoms with van der Waals surface area (Å²) in [5, 5.41) is 1.63. The Kier molecular flexibility index (Phi) is 4.26. The number of sulfonamides is 1. The lowest BCUT2D eigenvalue weighted by Gasteiger charge is -2.26. The van der Waals surface area contributed by atoms with Gasteiger partial charge in [0.15, 0.2) is 0 Å². The summed E-state index contributed by atoms with van der Waals surface area (Å²) in [5.74, 6) is -0.136. The molecular formula is C17H18N2O4S2. The topological polar surface area (TPSA) is 66.9 Å². The fourth-order valence-electron chi connectivity index (χ4n) is 3.18. The molecule has 0 radical (unpaired) electrons. The summed E-state index contributed by atoms with van der Waals surface area (Å²) in [6.45, 7) is 2.55. The number of para-hydroxylation sites is 1. The van der Waals surface area contributed by atoms with Gasteiger partial charge in [0.25, 0.3) is 15.9 Å². The summed E-state index contributed by atoms with van der Waals surface area (Å²) in [6.07, 6.45) is 0.709. The van der Waals surface area contributed by atoms with Crippen molar-refractivity contribution in [1.82, 2.24) is 4.90 Å². The Balaban J connectivity index is 1.60. The van der Waals surface area contributed by atoms with Crippen LogP contribution in [0.3, 0.4) is 0 Å². The lowest BCUT2D eigenvalue weighted by atomic mass is 10.2. The van der Waals surface area contributed by atoms with Crippen molar-refractivity contribution in [2.24, 2.45) is 0 Å². The van der Waals surface area contributed by atoms with Crippen LogP contribution in [0, 0.1) is 0 Å². The Morgan fingerprint density at radius 2 is 1.88 bits per heavy atom. The fraction of sp³-hybridized carbons (Fsp3) is 0.353. The standard InChI is InChI=1S/C17H18N2O4S2/c20-17(18-7-9-23-10-8-18)14-11-16(24-12-14)25(21,22)19-6-5-13-3-1-2-4-15(13)19/h1-4,11-12H,5-10H2. The molecule has 0 unspecified atom stereocenters. The Morgan fingerprint density at radius 3 is 2.68 bits per heavy atom. The van der Waals surface area contributed by atoms with E-state index in [4.69, 9.17) is 4.74 Å². The molecule has 25 heavy (non-hydrogen) atoms. The van der Waals surface area contributed by atoms with Gasteiger partial charge in [-0.2, -0.15) is 0 Å². The summed E-state index contributed by atoms with van der Waals surface area (Å²) in [6, 6.07) is 9.03. The van der Waals surface area contributed by atoms with Gasteiger partial charge in [-0.15, -0.1) is 11.3 Å². The molecule has 1 amide bonds. The number of hydrogen-bond acceptors (Lipinski definition) is 5. The highest BCUT2D eigenvalue weighted by Gasteiger charge is 2.32. The number of thiophene rings is 1. The normalized spacial score (nSPS) is 17.6. The molecule has 132 valence electrons. The average molecular weight is 378 g/mol. The lowest BCUT2D eigenvalue weighted by Crippen LogP contribution is -2.40. The van der Waals surface area contributed by atoms with Gasteiger partial charge < -0.3 is 9.64 Å². The van der Waals surface area contributed by atoms with Gasteiger partial charge >= 0.3 is 0 Å². The second-order valence-electron chi connectivity index (χ2n) is 6.01. The summed E-state index contributed by atoms with van der Waals surface area (Å²) in [7, 11) is -3.64. The highest BCUT2D eigenvalue weighted by atomic mass is 32.2. The van der Waals surface area contributed by atoms with Crippen molar-refractivity contribution in [2.75, 3.05) is 37.2 Å². The largest absolute Gasteiger partial charge is 0.378 e. The number of rotatable bonds is 3. The van der Waals surface area contributed by atoms with Crippen molar-refractivity contribution >= 4 is 33.0 Å². The van der Waals surface area contributed by atoms with E-state index in [9.17, 15) is 13.2 Å². The third kappa shape index (κ3) is 2.94. The number of ether oxygens (including phenoxy) is 1. The Hall–Kier alpha value is -1.90. The van der Waals surface area contributed by atoms with Gasteiger partial charge in [0, 0.05) is 25.0 Å². The molecule has 1 aromatic carbocycles. The summed E-state index contributed by atoms with van der Waals surface area (Å²) >= 11 is 1.10. The van der Waals surface area contributed by atoms with Gasteiger partial charge in [-0.25, -0.2) is 8.42 Å². The van der Waals surface area contributed by atoms with Crippen molar-refractivity contribution < 1.29 is 17.9 Å². The van der Waals surface area contributed by atoms with Gasteiger partial charge in [0.2, 0.25) is 0 Å². The van der Waals surface area contributed by atoms with E-state index >= 15 is 0 Å². The van der Waals surface area contributed by atoms with E-state index in [0.717, 1.165) is 22.6 Å². The molecule has 0 aliphatic carbocycles. The van der Waals surface area contributed by atoms with Crippen LogP contribution in [0.5, 0.6) is 0 Å². The smallest absolute Gasteiger partial charge is 0.273 e. The molecule has 0 spiro atoms. The third-order valence-electron chi connectivity index (χ3n) is 4.51. The number of carbonyl (C=O) groups excluding carboxylic acids is 1. The molecule has 2 aliphatic heterocycles. The summed E-state index contributed by atoms with van der Waals surface area (Å²) in [5.41, 5.74) is 2.20. The summed E-state index contributed by atoms with van der Waals surface area (Å²) < 4.78 is 32.9. The van der Waals surface area contributed by atoms with Crippen molar-refractivity contribution in [1.29, 1.82) is 0 Å². The number of hydrogen-bond donors (Lipinski definition) is 0. The number of fused-ring (bicyclic) bond motifs is 1. The summed E-state index contributed by atoms with van der Waals surface area (Å²) in [4.78, 5) is 14.2. The zero-order valence-electron chi connectivity index (χ0n) is 13.6. The van der Waals surface area contributed by atoms with Crippen molar-refractivity contribution in [2.45, 2.75) is 10.6 Å². The SMILES string of the molecule is O=C(c1csc(S(=O)(=O)N2CCc3ccccc32)c1)N1CCOCC1. The molecule has 1 fully saturated rings. The molecule has 1 aromatic heterocycles. The van der Waals surface area contributed by atoms with Crippen LogP contribution in [0.25, 0.3) is 0 Å². The van der Waals surface area contributed by atoms with Crippen LogP contribution in [-0.4, -0.2) is 52.1 Å². The molecule has 2 aliphatic rings. The van der Waals surface area contributed by atoms with E-state index in [-0.39, 0.29) is 10.1 Å². The van der Waals surface area contributed by atoms with Crippen LogP contribution in [0.4, 0.5) is 5.69 Å². The Labute approximate surface area is 150 Å². The highest BCUT2D eigenvalue weighted by Crippen LogP contribution is 2.34. The monoisotopic (exact) mass is 378 g/mol. The van der Waals surface area contributed by atoms with E-state index in [1.165, 1.54) is 10.4 Å². The number of nitrogens with zero attached hydrogens (tertiary/aromatic N) is 2. The number of amides is 1. The molecule has 0 atom stereocenters. The van der Waals surface area contributed by atoms with Gasteiger partial charge in [-0.1, -0.05) is 18.2 Å². The predicted octanol–water partition coefficient (Wildman–Crippen LogP) is 1.97. The van der Waals surface area contributed by atoms with E-state index in [1.54, 1.807) is 10.3 Å². The maximum atomic E-state index is 13.0. The van der Waals surface area contributed by atoms with Crippen LogP contribution in [0.1, 0.15) is 15.9 Å². The molecule has 4 rings (SSSR count). The van der Waals surface area contributed by atoms with Crippen LogP contribution >= 0.6 is 11.3 Å². The molecule has 3 heterocycles. The van der Waals surface area contributed by atoms with Gasteiger partial charge in [0.05, 0.1) is 24.5 Å². The molecule has 6 nitrogen and oxygen atoms in total. The molecule has 0 saturated carbocycles. The Morgan fingerprint density at radius 1 is 1.12 bits per heavy atom. The van der Waals surface area contributed by atoms with Crippen molar-refractivity contribution in [3.05, 3.63) is 46.8 Å². The van der Waals surface area contributed by atoms with Crippen LogP contribution < -0.4 is 4.31 Å². The molecule has 8 heteroatoms. The minimum Gasteiger partial charge on any atom is -0.378 e.